The Kier molecular flexibility index (Phi) is 8.40. The third kappa shape index (κ3) is 7.32. The standard InChI is InChI=1S/C17H21BrO5/c1-12-10-14(11-13(2)17(12)18)22-9-7-16(20)23-8-5-4-6-15(19)21-3/h4,6,10-11H,5,7-9H2,1-3H3/b6-4+. The zero-order valence-corrected chi connectivity index (χ0v) is 15.1. The predicted octanol–water partition coefficient (Wildman–Crippen LogP) is 3.50. The van der Waals surface area contributed by atoms with Gasteiger partial charge < -0.3 is 14.2 Å². The molecular weight excluding hydrogens is 364 g/mol. The lowest BCUT2D eigenvalue weighted by Gasteiger charge is -2.10. The van der Waals surface area contributed by atoms with E-state index in [1.807, 2.05) is 26.0 Å². The fourth-order valence-electron chi connectivity index (χ4n) is 1.80. The zero-order valence-electron chi connectivity index (χ0n) is 13.6. The first-order chi connectivity index (χ1) is 10.9. The summed E-state index contributed by atoms with van der Waals surface area (Å²) in [7, 11) is 1.31. The van der Waals surface area contributed by atoms with E-state index >= 15 is 0 Å². The van der Waals surface area contributed by atoms with Crippen molar-refractivity contribution in [2.24, 2.45) is 0 Å². The maximum absolute atomic E-state index is 11.5. The fourth-order valence-corrected chi connectivity index (χ4v) is 2.03. The number of carbonyl (C=O) groups is 2. The van der Waals surface area contributed by atoms with Gasteiger partial charge in [-0.3, -0.25) is 4.79 Å². The number of halogens is 1. The Morgan fingerprint density at radius 2 is 1.83 bits per heavy atom. The highest BCUT2D eigenvalue weighted by Crippen LogP contribution is 2.26. The van der Waals surface area contributed by atoms with Gasteiger partial charge in [-0.05, 0) is 37.1 Å². The summed E-state index contributed by atoms with van der Waals surface area (Å²) in [5, 5.41) is 0. The molecule has 0 bridgehead atoms. The van der Waals surface area contributed by atoms with Gasteiger partial charge in [0.15, 0.2) is 0 Å². The van der Waals surface area contributed by atoms with Crippen molar-refractivity contribution in [2.45, 2.75) is 26.7 Å². The molecule has 5 nitrogen and oxygen atoms in total. The van der Waals surface area contributed by atoms with Gasteiger partial charge >= 0.3 is 11.9 Å². The lowest BCUT2D eigenvalue weighted by molar-refractivity contribution is -0.144. The number of rotatable bonds is 8. The molecule has 0 aliphatic rings. The Bertz CT molecular complexity index is 557. The molecule has 0 spiro atoms. The average Bonchev–Trinajstić information content (AvgIpc) is 2.51. The molecule has 0 fully saturated rings. The van der Waals surface area contributed by atoms with E-state index in [0.717, 1.165) is 21.3 Å². The summed E-state index contributed by atoms with van der Waals surface area (Å²) < 4.78 is 16.1. The van der Waals surface area contributed by atoms with Crippen LogP contribution in [0.1, 0.15) is 24.0 Å². The number of hydrogen-bond donors (Lipinski definition) is 0. The monoisotopic (exact) mass is 384 g/mol. The second kappa shape index (κ2) is 10.0. The second-order valence-electron chi connectivity index (χ2n) is 4.90. The molecule has 1 rings (SSSR count). The molecule has 1 aromatic rings. The Hall–Kier alpha value is -1.82. The zero-order chi connectivity index (χ0) is 17.2. The number of carbonyl (C=O) groups excluding carboxylic acids is 2. The predicted molar refractivity (Wildman–Crippen MR) is 90.5 cm³/mol. The molecule has 23 heavy (non-hydrogen) atoms. The largest absolute Gasteiger partial charge is 0.493 e. The van der Waals surface area contributed by atoms with Gasteiger partial charge in [0.1, 0.15) is 5.75 Å². The Morgan fingerprint density at radius 3 is 2.43 bits per heavy atom. The highest BCUT2D eigenvalue weighted by atomic mass is 79.9. The van der Waals surface area contributed by atoms with Gasteiger partial charge in [0, 0.05) is 17.0 Å². The Morgan fingerprint density at radius 1 is 1.17 bits per heavy atom. The van der Waals surface area contributed by atoms with E-state index in [-0.39, 0.29) is 25.6 Å². The van der Waals surface area contributed by atoms with Crippen molar-refractivity contribution in [2.75, 3.05) is 20.3 Å². The summed E-state index contributed by atoms with van der Waals surface area (Å²) in [5.41, 5.74) is 2.17. The van der Waals surface area contributed by atoms with Crippen LogP contribution in [0.15, 0.2) is 28.8 Å². The molecule has 0 amide bonds. The molecule has 0 N–H and O–H groups in total. The minimum absolute atomic E-state index is 0.175. The van der Waals surface area contributed by atoms with Crippen LogP contribution in [-0.4, -0.2) is 32.3 Å². The highest BCUT2D eigenvalue weighted by Gasteiger charge is 2.06. The van der Waals surface area contributed by atoms with E-state index in [4.69, 9.17) is 9.47 Å². The van der Waals surface area contributed by atoms with E-state index in [0.29, 0.717) is 6.42 Å². The number of hydrogen-bond acceptors (Lipinski definition) is 5. The molecule has 0 heterocycles. The minimum atomic E-state index is -0.426. The van der Waals surface area contributed by atoms with Crippen LogP contribution in [0.3, 0.4) is 0 Å². The Balaban J connectivity index is 2.24. The van der Waals surface area contributed by atoms with Crippen LogP contribution in [0.2, 0.25) is 0 Å². The number of ether oxygens (including phenoxy) is 3. The maximum Gasteiger partial charge on any atom is 0.330 e. The van der Waals surface area contributed by atoms with Crippen LogP contribution in [0.25, 0.3) is 0 Å². The summed E-state index contributed by atoms with van der Waals surface area (Å²) in [5.74, 6) is -0.0242. The lowest BCUT2D eigenvalue weighted by Crippen LogP contribution is -2.10. The van der Waals surface area contributed by atoms with Crippen molar-refractivity contribution in [1.29, 1.82) is 0 Å². The average molecular weight is 385 g/mol. The van der Waals surface area contributed by atoms with Crippen molar-refractivity contribution in [3.63, 3.8) is 0 Å². The summed E-state index contributed by atoms with van der Waals surface area (Å²) in [6.07, 6.45) is 3.54. The van der Waals surface area contributed by atoms with Crippen molar-refractivity contribution < 1.29 is 23.8 Å². The number of esters is 2. The van der Waals surface area contributed by atoms with Gasteiger partial charge in [-0.2, -0.15) is 0 Å². The third-order valence-corrected chi connectivity index (χ3v) is 4.24. The molecule has 0 atom stereocenters. The normalized spacial score (nSPS) is 10.6. The number of methoxy groups -OCH3 is 1. The molecule has 0 aliphatic carbocycles. The van der Waals surface area contributed by atoms with E-state index < -0.39 is 5.97 Å². The molecule has 0 aliphatic heterocycles. The first-order valence-electron chi connectivity index (χ1n) is 7.23. The van der Waals surface area contributed by atoms with Gasteiger partial charge in [-0.1, -0.05) is 22.0 Å². The van der Waals surface area contributed by atoms with Crippen molar-refractivity contribution in [3.05, 3.63) is 39.9 Å². The van der Waals surface area contributed by atoms with Crippen molar-refractivity contribution in [1.82, 2.24) is 0 Å². The quantitative estimate of drug-likeness (QED) is 0.390. The molecule has 126 valence electrons. The number of benzene rings is 1. The van der Waals surface area contributed by atoms with Crippen LogP contribution in [0.5, 0.6) is 5.75 Å². The molecule has 0 saturated carbocycles. The van der Waals surface area contributed by atoms with Crippen LogP contribution in [-0.2, 0) is 19.1 Å². The first kappa shape index (κ1) is 19.2. The summed E-state index contributed by atoms with van der Waals surface area (Å²) >= 11 is 3.50. The number of aryl methyl sites for hydroxylation is 2. The van der Waals surface area contributed by atoms with E-state index in [1.54, 1.807) is 6.08 Å². The van der Waals surface area contributed by atoms with E-state index in [9.17, 15) is 9.59 Å². The van der Waals surface area contributed by atoms with Crippen LogP contribution >= 0.6 is 15.9 Å². The van der Waals surface area contributed by atoms with Crippen molar-refractivity contribution >= 4 is 27.9 Å². The molecule has 0 unspecified atom stereocenters. The van der Waals surface area contributed by atoms with Gasteiger partial charge in [0.2, 0.25) is 0 Å². The topological polar surface area (TPSA) is 61.8 Å². The molecular formula is C17H21BrO5. The van der Waals surface area contributed by atoms with E-state index in [2.05, 4.69) is 20.7 Å². The third-order valence-electron chi connectivity index (χ3n) is 2.99. The van der Waals surface area contributed by atoms with Gasteiger partial charge in [-0.15, -0.1) is 0 Å². The summed E-state index contributed by atoms with van der Waals surface area (Å²) in [6.45, 7) is 4.46. The second-order valence-corrected chi connectivity index (χ2v) is 5.70. The highest BCUT2D eigenvalue weighted by molar-refractivity contribution is 9.10. The minimum Gasteiger partial charge on any atom is -0.493 e. The molecule has 0 aromatic heterocycles. The van der Waals surface area contributed by atoms with Crippen LogP contribution in [0, 0.1) is 13.8 Å². The summed E-state index contributed by atoms with van der Waals surface area (Å²) in [4.78, 5) is 22.4. The van der Waals surface area contributed by atoms with Gasteiger partial charge in [-0.25, -0.2) is 4.79 Å². The summed E-state index contributed by atoms with van der Waals surface area (Å²) in [6, 6.07) is 3.83. The van der Waals surface area contributed by atoms with Crippen LogP contribution in [0.4, 0.5) is 0 Å². The molecule has 0 saturated heterocycles. The first-order valence-corrected chi connectivity index (χ1v) is 8.03. The molecule has 1 aromatic carbocycles. The molecule has 0 radical (unpaired) electrons. The Labute approximate surface area is 144 Å². The SMILES string of the molecule is COC(=O)/C=C/CCOC(=O)CCOc1cc(C)c(Br)c(C)c1. The molecule has 6 heteroatoms. The van der Waals surface area contributed by atoms with Gasteiger partial charge in [0.25, 0.3) is 0 Å². The maximum atomic E-state index is 11.5. The van der Waals surface area contributed by atoms with E-state index in [1.165, 1.54) is 13.2 Å². The smallest absolute Gasteiger partial charge is 0.330 e. The van der Waals surface area contributed by atoms with Gasteiger partial charge in [0.05, 0.1) is 26.7 Å². The fraction of sp³-hybridized carbons (Fsp3) is 0.412. The van der Waals surface area contributed by atoms with Crippen molar-refractivity contribution in [3.8, 4) is 5.75 Å². The van der Waals surface area contributed by atoms with Crippen LogP contribution < -0.4 is 4.74 Å². The lowest BCUT2D eigenvalue weighted by atomic mass is 10.1.